The van der Waals surface area contributed by atoms with E-state index in [1.54, 1.807) is 0 Å². The van der Waals surface area contributed by atoms with Gasteiger partial charge in [-0.25, -0.2) is 9.59 Å². The summed E-state index contributed by atoms with van der Waals surface area (Å²) in [5.41, 5.74) is 0.112. The fourth-order valence-corrected chi connectivity index (χ4v) is 1.66. The molecule has 0 fully saturated rings. The molecule has 0 aliphatic rings. The van der Waals surface area contributed by atoms with E-state index in [2.05, 4.69) is 17.9 Å². The van der Waals surface area contributed by atoms with Gasteiger partial charge in [0, 0.05) is 17.6 Å². The summed E-state index contributed by atoms with van der Waals surface area (Å²) in [5, 5.41) is 0. The van der Waals surface area contributed by atoms with Crippen LogP contribution in [0.2, 0.25) is 0 Å². The SMILES string of the molecule is C=C(C)C(=O)OCCCCCCC(F)(F)C(F)(F)COC(=O)C(=C)C. The third-order valence-electron chi connectivity index (χ3n) is 3.23. The Morgan fingerprint density at radius 1 is 0.800 bits per heavy atom. The van der Waals surface area contributed by atoms with Gasteiger partial charge in [-0.2, -0.15) is 17.6 Å². The number of unbranched alkanes of at least 4 members (excludes halogenated alkanes) is 3. The van der Waals surface area contributed by atoms with Crippen molar-refractivity contribution < 1.29 is 36.6 Å². The first-order valence-electron chi connectivity index (χ1n) is 7.81. The Bertz CT molecular complexity index is 501. The molecular weight excluding hydrogens is 344 g/mol. The van der Waals surface area contributed by atoms with Gasteiger partial charge in [0.15, 0.2) is 6.61 Å². The van der Waals surface area contributed by atoms with Gasteiger partial charge in [0.2, 0.25) is 0 Å². The van der Waals surface area contributed by atoms with Crippen molar-refractivity contribution in [1.82, 2.24) is 0 Å². The largest absolute Gasteiger partial charge is 0.462 e. The Morgan fingerprint density at radius 3 is 1.80 bits per heavy atom. The molecule has 0 amide bonds. The molecule has 0 spiro atoms. The van der Waals surface area contributed by atoms with Crippen LogP contribution in [0.4, 0.5) is 17.6 Å². The average Bonchev–Trinajstić information content (AvgIpc) is 2.50. The van der Waals surface area contributed by atoms with Crippen molar-refractivity contribution in [1.29, 1.82) is 0 Å². The van der Waals surface area contributed by atoms with E-state index >= 15 is 0 Å². The number of carbonyl (C=O) groups is 2. The van der Waals surface area contributed by atoms with E-state index in [9.17, 15) is 27.2 Å². The zero-order chi connectivity index (χ0) is 19.7. The monoisotopic (exact) mass is 368 g/mol. The molecule has 144 valence electrons. The molecule has 25 heavy (non-hydrogen) atoms. The van der Waals surface area contributed by atoms with Gasteiger partial charge < -0.3 is 9.47 Å². The summed E-state index contributed by atoms with van der Waals surface area (Å²) in [7, 11) is 0. The summed E-state index contributed by atoms with van der Waals surface area (Å²) in [5.74, 6) is -10.4. The van der Waals surface area contributed by atoms with Gasteiger partial charge in [0.25, 0.3) is 0 Å². The molecule has 0 bridgehead atoms. The minimum absolute atomic E-state index is 0.120. The molecule has 0 radical (unpaired) electrons. The van der Waals surface area contributed by atoms with Crippen LogP contribution in [-0.4, -0.2) is 37.0 Å². The Balaban J connectivity index is 4.09. The van der Waals surface area contributed by atoms with Gasteiger partial charge >= 0.3 is 23.8 Å². The van der Waals surface area contributed by atoms with Gasteiger partial charge in [-0.15, -0.1) is 0 Å². The molecule has 0 aromatic heterocycles. The lowest BCUT2D eigenvalue weighted by atomic mass is 10.0. The second-order valence-electron chi connectivity index (χ2n) is 5.85. The van der Waals surface area contributed by atoms with E-state index in [1.807, 2.05) is 0 Å². The third kappa shape index (κ3) is 8.69. The second kappa shape index (κ2) is 10.2. The number of ether oxygens (including phenoxy) is 2. The van der Waals surface area contributed by atoms with Crippen LogP contribution in [0.3, 0.4) is 0 Å². The predicted octanol–water partition coefficient (Wildman–Crippen LogP) is 4.45. The lowest BCUT2D eigenvalue weighted by Gasteiger charge is -2.26. The quantitative estimate of drug-likeness (QED) is 0.221. The highest BCUT2D eigenvalue weighted by atomic mass is 19.3. The summed E-state index contributed by atoms with van der Waals surface area (Å²) < 4.78 is 63.1. The zero-order valence-corrected chi connectivity index (χ0v) is 14.5. The van der Waals surface area contributed by atoms with Crippen molar-refractivity contribution in [2.75, 3.05) is 13.2 Å². The summed E-state index contributed by atoms with van der Waals surface area (Å²) in [6.45, 7) is 7.74. The number of carbonyl (C=O) groups excluding carboxylic acids is 2. The fraction of sp³-hybridized carbons (Fsp3) is 0.647. The third-order valence-corrected chi connectivity index (χ3v) is 3.23. The van der Waals surface area contributed by atoms with Crippen LogP contribution in [0.25, 0.3) is 0 Å². The van der Waals surface area contributed by atoms with Crippen LogP contribution in [0.15, 0.2) is 24.3 Å². The zero-order valence-electron chi connectivity index (χ0n) is 14.5. The Hall–Kier alpha value is -1.86. The summed E-state index contributed by atoms with van der Waals surface area (Å²) in [6, 6.07) is 0. The topological polar surface area (TPSA) is 52.6 Å². The Morgan fingerprint density at radius 2 is 1.28 bits per heavy atom. The van der Waals surface area contributed by atoms with Crippen LogP contribution in [0.1, 0.15) is 46.0 Å². The molecule has 0 aliphatic carbocycles. The summed E-state index contributed by atoms with van der Waals surface area (Å²) in [4.78, 5) is 22.1. The van der Waals surface area contributed by atoms with E-state index in [1.165, 1.54) is 13.8 Å². The smallest absolute Gasteiger partial charge is 0.343 e. The van der Waals surface area contributed by atoms with Gasteiger partial charge in [-0.3, -0.25) is 0 Å². The second-order valence-corrected chi connectivity index (χ2v) is 5.85. The molecule has 0 aromatic rings. The fourth-order valence-electron chi connectivity index (χ4n) is 1.66. The maximum atomic E-state index is 13.6. The number of halogens is 4. The highest BCUT2D eigenvalue weighted by Crippen LogP contribution is 2.38. The number of hydrogen-bond acceptors (Lipinski definition) is 4. The van der Waals surface area contributed by atoms with Crippen molar-refractivity contribution in [2.45, 2.75) is 57.8 Å². The highest BCUT2D eigenvalue weighted by molar-refractivity contribution is 5.87. The van der Waals surface area contributed by atoms with E-state index in [4.69, 9.17) is 4.74 Å². The van der Waals surface area contributed by atoms with E-state index in [0.29, 0.717) is 12.8 Å². The van der Waals surface area contributed by atoms with Crippen LogP contribution >= 0.6 is 0 Å². The van der Waals surface area contributed by atoms with Crippen molar-refractivity contribution in [3.05, 3.63) is 24.3 Å². The first kappa shape index (κ1) is 23.1. The van der Waals surface area contributed by atoms with Crippen molar-refractivity contribution in [2.24, 2.45) is 0 Å². The minimum atomic E-state index is -4.45. The summed E-state index contributed by atoms with van der Waals surface area (Å²) in [6.07, 6.45) is 0.0104. The molecule has 8 heteroatoms. The van der Waals surface area contributed by atoms with Crippen molar-refractivity contribution >= 4 is 11.9 Å². The molecule has 4 nitrogen and oxygen atoms in total. The predicted molar refractivity (Wildman–Crippen MR) is 84.5 cm³/mol. The van der Waals surface area contributed by atoms with Gasteiger partial charge in [-0.05, 0) is 26.7 Å². The average molecular weight is 368 g/mol. The minimum Gasteiger partial charge on any atom is -0.462 e. The van der Waals surface area contributed by atoms with E-state index < -0.39 is 36.8 Å². The van der Waals surface area contributed by atoms with Crippen LogP contribution < -0.4 is 0 Å². The highest BCUT2D eigenvalue weighted by Gasteiger charge is 2.56. The molecule has 0 saturated heterocycles. The molecule has 0 N–H and O–H groups in total. The molecule has 0 saturated carbocycles. The van der Waals surface area contributed by atoms with Gasteiger partial charge in [0.05, 0.1) is 6.61 Å². The van der Waals surface area contributed by atoms with Crippen LogP contribution in [-0.2, 0) is 19.1 Å². The maximum absolute atomic E-state index is 13.6. The van der Waals surface area contributed by atoms with Gasteiger partial charge in [0.1, 0.15) is 0 Å². The molecule has 0 aliphatic heterocycles. The van der Waals surface area contributed by atoms with Gasteiger partial charge in [-0.1, -0.05) is 26.0 Å². The van der Waals surface area contributed by atoms with E-state index in [0.717, 1.165) is 0 Å². The normalized spacial score (nSPS) is 11.8. The standard InChI is InChI=1S/C17H24F4O4/c1-12(2)14(22)24-10-8-6-5-7-9-16(18,19)17(20,21)11-25-15(23)13(3)4/h1,3,5-11H2,2,4H3. The number of hydrogen-bond donors (Lipinski definition) is 0. The molecule has 0 aromatic carbocycles. The molecular formula is C17H24F4O4. The first-order valence-corrected chi connectivity index (χ1v) is 7.81. The lowest BCUT2D eigenvalue weighted by molar-refractivity contribution is -0.233. The lowest BCUT2D eigenvalue weighted by Crippen LogP contribution is -2.44. The number of alkyl halides is 4. The van der Waals surface area contributed by atoms with Crippen LogP contribution in [0.5, 0.6) is 0 Å². The molecule has 0 atom stereocenters. The first-order chi connectivity index (χ1) is 11.4. The van der Waals surface area contributed by atoms with E-state index in [-0.39, 0.29) is 30.6 Å². The Kier molecular flexibility index (Phi) is 9.44. The summed E-state index contributed by atoms with van der Waals surface area (Å²) >= 11 is 0. The maximum Gasteiger partial charge on any atom is 0.343 e. The molecule has 0 heterocycles. The molecule has 0 unspecified atom stereocenters. The van der Waals surface area contributed by atoms with Crippen molar-refractivity contribution in [3.8, 4) is 0 Å². The number of rotatable bonds is 12. The number of esters is 2. The van der Waals surface area contributed by atoms with Crippen LogP contribution in [0, 0.1) is 0 Å². The molecule has 0 rings (SSSR count). The Labute approximate surface area is 144 Å². The van der Waals surface area contributed by atoms with Crippen molar-refractivity contribution in [3.63, 3.8) is 0 Å².